The van der Waals surface area contributed by atoms with Crippen LogP contribution in [0.15, 0.2) is 59.2 Å². The first-order valence-corrected chi connectivity index (χ1v) is 8.07. The highest BCUT2D eigenvalue weighted by Gasteiger charge is 2.19. The molecule has 0 fully saturated rings. The molecule has 1 amide bonds. The first kappa shape index (κ1) is 18.1. The average molecular weight is 367 g/mol. The number of carboxylic acid groups (broad SMARTS) is 1. The number of hydrogen-bond acceptors (Lipinski definition) is 5. The number of aromatic carboxylic acids is 1. The molecule has 0 aliphatic rings. The Hall–Kier alpha value is -3.74. The molecule has 3 rings (SSSR count). The molecule has 3 N–H and O–H groups in total. The van der Waals surface area contributed by atoms with Crippen molar-refractivity contribution in [1.29, 1.82) is 0 Å². The van der Waals surface area contributed by atoms with Gasteiger partial charge in [-0.3, -0.25) is 4.79 Å². The Balaban J connectivity index is 1.75. The van der Waals surface area contributed by atoms with Gasteiger partial charge in [0, 0.05) is 0 Å². The number of benzene rings is 2. The molecule has 7 nitrogen and oxygen atoms in total. The normalized spacial score (nSPS) is 10.4. The second kappa shape index (κ2) is 7.65. The number of aromatic hydroxyl groups is 1. The van der Waals surface area contributed by atoms with E-state index in [-0.39, 0.29) is 29.2 Å². The predicted octanol–water partition coefficient (Wildman–Crippen LogP) is 3.82. The van der Waals surface area contributed by atoms with Gasteiger partial charge in [0.05, 0.1) is 23.1 Å². The number of nitrogens with one attached hydrogen (secondary N) is 1. The minimum atomic E-state index is -1.27. The van der Waals surface area contributed by atoms with Gasteiger partial charge < -0.3 is 24.7 Å². The summed E-state index contributed by atoms with van der Waals surface area (Å²) >= 11 is 0. The largest absolute Gasteiger partial charge is 0.508 e. The topological polar surface area (TPSA) is 109 Å². The third kappa shape index (κ3) is 4.27. The molecule has 138 valence electrons. The minimum Gasteiger partial charge on any atom is -0.508 e. The Bertz CT molecular complexity index is 992. The lowest BCUT2D eigenvalue weighted by Crippen LogP contribution is -2.16. The number of carbonyl (C=O) groups is 2. The van der Waals surface area contributed by atoms with Gasteiger partial charge in [-0.05, 0) is 48.9 Å². The summed E-state index contributed by atoms with van der Waals surface area (Å²) < 4.78 is 11.0. The first-order valence-electron chi connectivity index (χ1n) is 8.07. The Morgan fingerprint density at radius 1 is 1.11 bits per heavy atom. The van der Waals surface area contributed by atoms with Gasteiger partial charge in [0.25, 0.3) is 5.91 Å². The van der Waals surface area contributed by atoms with Crippen molar-refractivity contribution < 1.29 is 29.0 Å². The van der Waals surface area contributed by atoms with Crippen LogP contribution in [-0.4, -0.2) is 22.1 Å². The van der Waals surface area contributed by atoms with Gasteiger partial charge in [-0.15, -0.1) is 0 Å². The molecular weight excluding hydrogens is 350 g/mol. The maximum atomic E-state index is 12.5. The highest BCUT2D eigenvalue weighted by Crippen LogP contribution is 2.23. The Morgan fingerprint density at radius 3 is 2.67 bits per heavy atom. The lowest BCUT2D eigenvalue weighted by molar-refractivity contribution is 0.0697. The lowest BCUT2D eigenvalue weighted by atomic mass is 10.1. The standard InChI is InChI=1S/C20H17NO6/c1-12-3-2-4-14(9-12)27-11-18-15(7-8-26-18)19(23)21-17-6-5-13(22)10-16(17)20(24)25/h2-10,22H,11H2,1H3,(H,21,23)(H,24,25). The molecule has 27 heavy (non-hydrogen) atoms. The van der Waals surface area contributed by atoms with E-state index in [0.29, 0.717) is 11.5 Å². The first-order chi connectivity index (χ1) is 12.9. The molecule has 0 radical (unpaired) electrons. The SMILES string of the molecule is Cc1cccc(OCc2occc2C(=O)Nc2ccc(O)cc2C(=O)O)c1. The summed E-state index contributed by atoms with van der Waals surface area (Å²) in [6.07, 6.45) is 1.36. The summed E-state index contributed by atoms with van der Waals surface area (Å²) in [6, 6.07) is 12.6. The van der Waals surface area contributed by atoms with E-state index in [9.17, 15) is 19.8 Å². The second-order valence-corrected chi connectivity index (χ2v) is 5.85. The second-order valence-electron chi connectivity index (χ2n) is 5.85. The van der Waals surface area contributed by atoms with Crippen molar-refractivity contribution in [3.8, 4) is 11.5 Å². The maximum Gasteiger partial charge on any atom is 0.337 e. The van der Waals surface area contributed by atoms with Gasteiger partial charge in [0.1, 0.15) is 18.1 Å². The van der Waals surface area contributed by atoms with Crippen molar-refractivity contribution in [3.05, 3.63) is 77.2 Å². The van der Waals surface area contributed by atoms with E-state index in [1.807, 2.05) is 25.1 Å². The smallest absolute Gasteiger partial charge is 0.337 e. The van der Waals surface area contributed by atoms with Crippen LogP contribution in [0.5, 0.6) is 11.5 Å². The number of amides is 1. The highest BCUT2D eigenvalue weighted by molar-refractivity contribution is 6.08. The molecule has 0 aliphatic carbocycles. The summed E-state index contributed by atoms with van der Waals surface area (Å²) in [7, 11) is 0. The molecule has 0 unspecified atom stereocenters. The molecule has 0 bridgehead atoms. The molecule has 3 aromatic rings. The quantitative estimate of drug-likeness (QED) is 0.572. The number of ether oxygens (including phenoxy) is 1. The number of phenolic OH excluding ortho intramolecular Hbond substituents is 1. The summed E-state index contributed by atoms with van der Waals surface area (Å²) in [6.45, 7) is 1.98. The fourth-order valence-corrected chi connectivity index (χ4v) is 2.52. The summed E-state index contributed by atoms with van der Waals surface area (Å²) in [5, 5.41) is 21.2. The summed E-state index contributed by atoms with van der Waals surface area (Å²) in [4.78, 5) is 23.8. The Morgan fingerprint density at radius 2 is 1.93 bits per heavy atom. The van der Waals surface area contributed by atoms with E-state index in [1.54, 1.807) is 6.07 Å². The van der Waals surface area contributed by atoms with Gasteiger partial charge in [-0.25, -0.2) is 4.79 Å². The van der Waals surface area contributed by atoms with Crippen LogP contribution in [0.3, 0.4) is 0 Å². The van der Waals surface area contributed by atoms with Gasteiger partial charge in [-0.2, -0.15) is 0 Å². The number of anilines is 1. The number of hydrogen-bond donors (Lipinski definition) is 3. The summed E-state index contributed by atoms with van der Waals surface area (Å²) in [5.74, 6) is -1.06. The molecule has 2 aromatic carbocycles. The highest BCUT2D eigenvalue weighted by atomic mass is 16.5. The number of phenols is 1. The third-order valence-corrected chi connectivity index (χ3v) is 3.83. The molecule has 0 aliphatic heterocycles. The molecular formula is C20H17NO6. The zero-order valence-electron chi connectivity index (χ0n) is 14.4. The van der Waals surface area contributed by atoms with Crippen molar-refractivity contribution in [2.45, 2.75) is 13.5 Å². The van der Waals surface area contributed by atoms with Crippen LogP contribution >= 0.6 is 0 Å². The number of rotatable bonds is 6. The van der Waals surface area contributed by atoms with Crippen LogP contribution in [0.4, 0.5) is 5.69 Å². The summed E-state index contributed by atoms with van der Waals surface area (Å²) in [5.41, 5.74) is 1.12. The molecule has 0 spiro atoms. The Labute approximate surface area is 154 Å². The lowest BCUT2D eigenvalue weighted by Gasteiger charge is -2.10. The van der Waals surface area contributed by atoms with Crippen molar-refractivity contribution in [2.24, 2.45) is 0 Å². The van der Waals surface area contributed by atoms with Crippen molar-refractivity contribution in [2.75, 3.05) is 5.32 Å². The maximum absolute atomic E-state index is 12.5. The van der Waals surface area contributed by atoms with Crippen LogP contribution in [-0.2, 0) is 6.61 Å². The van der Waals surface area contributed by atoms with Gasteiger partial charge in [-0.1, -0.05) is 12.1 Å². The zero-order chi connectivity index (χ0) is 19.4. The average Bonchev–Trinajstić information content (AvgIpc) is 3.10. The van der Waals surface area contributed by atoms with Crippen molar-refractivity contribution in [3.63, 3.8) is 0 Å². The Kier molecular flexibility index (Phi) is 5.12. The number of carbonyl (C=O) groups excluding carboxylic acids is 1. The molecule has 0 atom stereocenters. The monoisotopic (exact) mass is 367 g/mol. The van der Waals surface area contributed by atoms with Gasteiger partial charge in [0.2, 0.25) is 0 Å². The van der Waals surface area contributed by atoms with Crippen LogP contribution in [0.2, 0.25) is 0 Å². The van der Waals surface area contributed by atoms with Crippen LogP contribution in [0.1, 0.15) is 32.0 Å². The van der Waals surface area contributed by atoms with E-state index < -0.39 is 11.9 Å². The van der Waals surface area contributed by atoms with E-state index >= 15 is 0 Å². The molecule has 0 saturated heterocycles. The van der Waals surface area contributed by atoms with Gasteiger partial charge in [0.15, 0.2) is 5.76 Å². The fourth-order valence-electron chi connectivity index (χ4n) is 2.52. The van der Waals surface area contributed by atoms with Crippen LogP contribution in [0, 0.1) is 6.92 Å². The number of carboxylic acids is 1. The van der Waals surface area contributed by atoms with Crippen LogP contribution < -0.4 is 10.1 Å². The van der Waals surface area contributed by atoms with Crippen molar-refractivity contribution >= 4 is 17.6 Å². The van der Waals surface area contributed by atoms with E-state index in [0.717, 1.165) is 11.6 Å². The van der Waals surface area contributed by atoms with E-state index in [4.69, 9.17) is 9.15 Å². The molecule has 0 saturated carbocycles. The van der Waals surface area contributed by atoms with E-state index in [1.165, 1.54) is 24.5 Å². The number of furan rings is 1. The van der Waals surface area contributed by atoms with Crippen LogP contribution in [0.25, 0.3) is 0 Å². The molecule has 7 heteroatoms. The molecule has 1 heterocycles. The van der Waals surface area contributed by atoms with Crippen molar-refractivity contribution in [1.82, 2.24) is 0 Å². The third-order valence-electron chi connectivity index (χ3n) is 3.83. The zero-order valence-corrected chi connectivity index (χ0v) is 14.4. The van der Waals surface area contributed by atoms with E-state index in [2.05, 4.69) is 5.32 Å². The minimum absolute atomic E-state index is 0.0422. The van der Waals surface area contributed by atoms with Gasteiger partial charge >= 0.3 is 5.97 Å². The number of aryl methyl sites for hydroxylation is 1. The fraction of sp³-hybridized carbons (Fsp3) is 0.100. The molecule has 1 aromatic heterocycles. The predicted molar refractivity (Wildman–Crippen MR) is 97.2 cm³/mol.